The quantitative estimate of drug-likeness (QED) is 0.520. The second-order valence-electron chi connectivity index (χ2n) is 2.96. The summed E-state index contributed by atoms with van der Waals surface area (Å²) in [6.07, 6.45) is 4.33. The van der Waals surface area contributed by atoms with E-state index in [9.17, 15) is 0 Å². The molecule has 1 heterocycles. The highest BCUT2D eigenvalue weighted by Crippen LogP contribution is 2.07. The first-order valence-electron chi connectivity index (χ1n) is 4.94. The van der Waals surface area contributed by atoms with Crippen LogP contribution < -0.4 is 0 Å². The Morgan fingerprint density at radius 3 is 3.07 bits per heavy atom. The van der Waals surface area contributed by atoms with E-state index in [1.807, 2.05) is 6.92 Å². The minimum Gasteiger partial charge on any atom is -0.446 e. The zero-order chi connectivity index (χ0) is 10.2. The predicted molar refractivity (Wildman–Crippen MR) is 55.7 cm³/mol. The molecule has 0 aromatic carbocycles. The van der Waals surface area contributed by atoms with Gasteiger partial charge in [-0.2, -0.15) is 0 Å². The van der Waals surface area contributed by atoms with Crippen LogP contribution in [-0.4, -0.2) is 24.1 Å². The van der Waals surface area contributed by atoms with Crippen molar-refractivity contribution in [3.8, 4) is 0 Å². The van der Waals surface area contributed by atoms with Crippen LogP contribution in [0.25, 0.3) is 0 Å². The van der Waals surface area contributed by atoms with Gasteiger partial charge in [0.05, 0.1) is 6.20 Å². The fourth-order valence-corrected chi connectivity index (χ4v) is 1.31. The first-order chi connectivity index (χ1) is 6.86. The number of alkyl halides is 1. The third-order valence-electron chi connectivity index (χ3n) is 1.83. The van der Waals surface area contributed by atoms with Crippen molar-refractivity contribution in [3.05, 3.63) is 17.8 Å². The molecule has 0 radical (unpaired) electrons. The molecule has 0 amide bonds. The van der Waals surface area contributed by atoms with Gasteiger partial charge in [0, 0.05) is 31.9 Å². The van der Waals surface area contributed by atoms with Crippen LogP contribution in [0.1, 0.15) is 25.0 Å². The molecule has 0 bridgehead atoms. The molecule has 0 unspecified atom stereocenters. The Labute approximate surface area is 89.4 Å². The molecule has 0 fully saturated rings. The molecule has 14 heavy (non-hydrogen) atoms. The molecule has 1 aromatic rings. The zero-order valence-electron chi connectivity index (χ0n) is 8.46. The molecule has 4 heteroatoms. The Morgan fingerprint density at radius 1 is 1.50 bits per heavy atom. The summed E-state index contributed by atoms with van der Waals surface area (Å²) in [6.45, 7) is 3.54. The van der Waals surface area contributed by atoms with Crippen molar-refractivity contribution in [1.82, 2.24) is 4.98 Å². The molecule has 0 atom stereocenters. The van der Waals surface area contributed by atoms with E-state index < -0.39 is 0 Å². The van der Waals surface area contributed by atoms with Gasteiger partial charge in [-0.3, -0.25) is 0 Å². The molecule has 0 N–H and O–H groups in total. The Morgan fingerprint density at radius 2 is 2.36 bits per heavy atom. The molecule has 0 saturated heterocycles. The number of nitrogens with zero attached hydrogens (tertiary/aromatic N) is 1. The van der Waals surface area contributed by atoms with Crippen LogP contribution in [0.15, 0.2) is 10.6 Å². The third kappa shape index (κ3) is 4.11. The van der Waals surface area contributed by atoms with Crippen LogP contribution in [0.3, 0.4) is 0 Å². The average molecular weight is 218 g/mol. The minimum atomic E-state index is 0.554. The van der Waals surface area contributed by atoms with Crippen LogP contribution in [0, 0.1) is 0 Å². The fourth-order valence-electron chi connectivity index (χ4n) is 1.15. The monoisotopic (exact) mass is 217 g/mol. The molecule has 0 aliphatic carbocycles. The summed E-state index contributed by atoms with van der Waals surface area (Å²) in [5.41, 5.74) is 0. The van der Waals surface area contributed by atoms with Gasteiger partial charge >= 0.3 is 0 Å². The minimum absolute atomic E-state index is 0.554. The van der Waals surface area contributed by atoms with Crippen molar-refractivity contribution < 1.29 is 9.15 Å². The second-order valence-corrected chi connectivity index (χ2v) is 3.34. The van der Waals surface area contributed by atoms with Gasteiger partial charge in [-0.05, 0) is 13.3 Å². The van der Waals surface area contributed by atoms with Crippen LogP contribution in [0.5, 0.6) is 0 Å². The van der Waals surface area contributed by atoms with E-state index in [4.69, 9.17) is 20.8 Å². The van der Waals surface area contributed by atoms with E-state index in [0.717, 1.165) is 37.7 Å². The molecule has 0 spiro atoms. The van der Waals surface area contributed by atoms with Crippen LogP contribution >= 0.6 is 11.6 Å². The smallest absolute Gasteiger partial charge is 0.195 e. The molecule has 0 aliphatic heterocycles. The fraction of sp³-hybridized carbons (Fsp3) is 0.700. The number of hydrogen-bond acceptors (Lipinski definition) is 3. The SMILES string of the molecule is CCOCCCc1cnc(CCCl)o1. The normalized spacial score (nSPS) is 10.7. The van der Waals surface area contributed by atoms with Crippen molar-refractivity contribution >= 4 is 11.6 Å². The maximum absolute atomic E-state index is 5.57. The summed E-state index contributed by atoms with van der Waals surface area (Å²) in [4.78, 5) is 4.11. The number of hydrogen-bond donors (Lipinski definition) is 0. The van der Waals surface area contributed by atoms with Crippen LogP contribution in [-0.2, 0) is 17.6 Å². The molecule has 3 nitrogen and oxygen atoms in total. The molecular weight excluding hydrogens is 202 g/mol. The number of ether oxygens (including phenoxy) is 1. The van der Waals surface area contributed by atoms with Crippen molar-refractivity contribution in [2.75, 3.05) is 19.1 Å². The highest BCUT2D eigenvalue weighted by Gasteiger charge is 2.02. The first kappa shape index (κ1) is 11.5. The van der Waals surface area contributed by atoms with E-state index in [2.05, 4.69) is 4.98 Å². The Kier molecular flexibility index (Phi) is 5.64. The maximum Gasteiger partial charge on any atom is 0.195 e. The summed E-state index contributed by atoms with van der Waals surface area (Å²) in [5.74, 6) is 2.20. The van der Waals surface area contributed by atoms with Gasteiger partial charge in [0.25, 0.3) is 0 Å². The third-order valence-corrected chi connectivity index (χ3v) is 2.01. The highest BCUT2D eigenvalue weighted by atomic mass is 35.5. The molecule has 0 aliphatic rings. The Balaban J connectivity index is 2.22. The average Bonchev–Trinajstić information content (AvgIpc) is 2.61. The van der Waals surface area contributed by atoms with E-state index in [1.165, 1.54) is 0 Å². The van der Waals surface area contributed by atoms with Gasteiger partial charge in [0.1, 0.15) is 5.76 Å². The standard InChI is InChI=1S/C10H16ClNO2/c1-2-13-7-3-4-9-8-12-10(14-9)5-6-11/h8H,2-7H2,1H3. The molecular formula is C10H16ClNO2. The van der Waals surface area contributed by atoms with Gasteiger partial charge < -0.3 is 9.15 Å². The lowest BCUT2D eigenvalue weighted by atomic mass is 10.3. The summed E-state index contributed by atoms with van der Waals surface area (Å²) in [7, 11) is 0. The largest absolute Gasteiger partial charge is 0.446 e. The van der Waals surface area contributed by atoms with E-state index in [-0.39, 0.29) is 0 Å². The van der Waals surface area contributed by atoms with Crippen molar-refractivity contribution in [1.29, 1.82) is 0 Å². The lowest BCUT2D eigenvalue weighted by molar-refractivity contribution is 0.144. The second kappa shape index (κ2) is 6.85. The van der Waals surface area contributed by atoms with Gasteiger partial charge in [0.2, 0.25) is 0 Å². The summed E-state index contributed by atoms with van der Waals surface area (Å²) in [6, 6.07) is 0. The summed E-state index contributed by atoms with van der Waals surface area (Å²) < 4.78 is 10.7. The summed E-state index contributed by atoms with van der Waals surface area (Å²) >= 11 is 5.57. The Bertz CT molecular complexity index is 250. The molecule has 0 saturated carbocycles. The van der Waals surface area contributed by atoms with Gasteiger partial charge in [0.15, 0.2) is 5.89 Å². The number of halogens is 1. The van der Waals surface area contributed by atoms with E-state index in [1.54, 1.807) is 6.20 Å². The maximum atomic E-state index is 5.57. The summed E-state index contributed by atoms with van der Waals surface area (Å²) in [5, 5.41) is 0. The van der Waals surface area contributed by atoms with Crippen LogP contribution in [0.4, 0.5) is 0 Å². The molecule has 1 rings (SSSR count). The van der Waals surface area contributed by atoms with Gasteiger partial charge in [-0.1, -0.05) is 0 Å². The number of aryl methyl sites for hydroxylation is 2. The number of rotatable bonds is 7. The highest BCUT2D eigenvalue weighted by molar-refractivity contribution is 6.17. The van der Waals surface area contributed by atoms with Crippen molar-refractivity contribution in [2.24, 2.45) is 0 Å². The zero-order valence-corrected chi connectivity index (χ0v) is 9.22. The topological polar surface area (TPSA) is 35.3 Å². The van der Waals surface area contributed by atoms with Gasteiger partial charge in [-0.25, -0.2) is 4.98 Å². The predicted octanol–water partition coefficient (Wildman–Crippen LogP) is 2.43. The van der Waals surface area contributed by atoms with E-state index >= 15 is 0 Å². The Hall–Kier alpha value is -0.540. The van der Waals surface area contributed by atoms with E-state index in [0.29, 0.717) is 12.3 Å². The molecule has 1 aromatic heterocycles. The molecule has 80 valence electrons. The van der Waals surface area contributed by atoms with Crippen molar-refractivity contribution in [3.63, 3.8) is 0 Å². The first-order valence-corrected chi connectivity index (χ1v) is 5.47. The number of oxazole rings is 1. The lowest BCUT2D eigenvalue weighted by Gasteiger charge is -1.98. The lowest BCUT2D eigenvalue weighted by Crippen LogP contribution is -1.94. The number of aromatic nitrogens is 1. The van der Waals surface area contributed by atoms with Crippen LogP contribution in [0.2, 0.25) is 0 Å². The van der Waals surface area contributed by atoms with Gasteiger partial charge in [-0.15, -0.1) is 11.6 Å². The van der Waals surface area contributed by atoms with Crippen molar-refractivity contribution in [2.45, 2.75) is 26.2 Å².